The zero-order valence-electron chi connectivity index (χ0n) is 16.1. The molecule has 1 aliphatic heterocycles. The average molecular weight is 378 g/mol. The van der Waals surface area contributed by atoms with E-state index in [1.54, 1.807) is 18.7 Å². The molecule has 0 N–H and O–H groups in total. The highest BCUT2D eigenvalue weighted by atomic mass is 32.2. The molecule has 142 valence electrons. The van der Waals surface area contributed by atoms with E-state index in [2.05, 4.69) is 17.2 Å². The summed E-state index contributed by atoms with van der Waals surface area (Å²) in [5.41, 5.74) is 3.63. The van der Waals surface area contributed by atoms with E-state index in [0.717, 1.165) is 6.42 Å². The summed E-state index contributed by atoms with van der Waals surface area (Å²) < 4.78 is 35.3. The van der Waals surface area contributed by atoms with Gasteiger partial charge in [0.05, 0.1) is 24.1 Å². The molecule has 1 unspecified atom stereocenters. The predicted molar refractivity (Wildman–Crippen MR) is 101 cm³/mol. The van der Waals surface area contributed by atoms with Crippen LogP contribution in [-0.4, -0.2) is 42.2 Å². The predicted octanol–water partition coefficient (Wildman–Crippen LogP) is 2.84. The maximum absolute atomic E-state index is 13.1. The zero-order chi connectivity index (χ0) is 19.1. The minimum Gasteiger partial charge on any atom is -0.372 e. The summed E-state index contributed by atoms with van der Waals surface area (Å²) in [6.07, 6.45) is 0.574. The van der Waals surface area contributed by atoms with E-state index >= 15 is 0 Å². The molecule has 2 aromatic rings. The van der Waals surface area contributed by atoms with Crippen LogP contribution in [0, 0.1) is 13.8 Å². The topological polar surface area (TPSA) is 64.4 Å². The smallest absolute Gasteiger partial charge is 0.246 e. The van der Waals surface area contributed by atoms with Crippen molar-refractivity contribution in [2.75, 3.05) is 13.6 Å². The molecular weight excluding hydrogens is 350 g/mol. The first-order chi connectivity index (χ1) is 12.2. The third-order valence-corrected chi connectivity index (χ3v) is 6.99. The number of fused-ring (bicyclic) bond motifs is 1. The van der Waals surface area contributed by atoms with Gasteiger partial charge in [-0.2, -0.15) is 9.40 Å². The molecule has 0 aliphatic carbocycles. The second-order valence-corrected chi connectivity index (χ2v) is 9.21. The van der Waals surface area contributed by atoms with Crippen molar-refractivity contribution >= 4 is 10.0 Å². The van der Waals surface area contributed by atoms with Gasteiger partial charge < -0.3 is 4.74 Å². The molecule has 0 radical (unpaired) electrons. The minimum absolute atomic E-state index is 0.112. The van der Waals surface area contributed by atoms with Crippen molar-refractivity contribution in [3.05, 3.63) is 46.8 Å². The molecule has 26 heavy (non-hydrogen) atoms. The number of aryl methyl sites for hydroxylation is 1. The van der Waals surface area contributed by atoms with Gasteiger partial charge in [0.1, 0.15) is 4.90 Å². The monoisotopic (exact) mass is 377 g/mol. The van der Waals surface area contributed by atoms with Crippen molar-refractivity contribution in [3.8, 4) is 0 Å². The number of aromatic nitrogens is 2. The molecule has 6 nitrogen and oxygen atoms in total. The Morgan fingerprint density at radius 2 is 1.92 bits per heavy atom. The Labute approximate surface area is 155 Å². The highest BCUT2D eigenvalue weighted by Crippen LogP contribution is 2.26. The Hall–Kier alpha value is -1.70. The van der Waals surface area contributed by atoms with Crippen LogP contribution in [0.2, 0.25) is 0 Å². The lowest BCUT2D eigenvalue weighted by molar-refractivity contribution is 0.0202. The number of hydrogen-bond donors (Lipinski definition) is 0. The van der Waals surface area contributed by atoms with Gasteiger partial charge in [-0.25, -0.2) is 8.42 Å². The highest BCUT2D eigenvalue weighted by molar-refractivity contribution is 7.89. The lowest BCUT2D eigenvalue weighted by atomic mass is 9.99. The molecule has 2 heterocycles. The number of benzene rings is 1. The number of sulfonamides is 1. The highest BCUT2D eigenvalue weighted by Gasteiger charge is 2.31. The lowest BCUT2D eigenvalue weighted by Crippen LogP contribution is -2.38. The molecule has 1 aromatic heterocycles. The molecule has 1 aliphatic rings. The molecule has 0 saturated heterocycles. The van der Waals surface area contributed by atoms with Crippen LogP contribution < -0.4 is 0 Å². The van der Waals surface area contributed by atoms with Crippen molar-refractivity contribution in [2.24, 2.45) is 0 Å². The summed E-state index contributed by atoms with van der Waals surface area (Å²) in [5, 5.41) is 4.41. The third-order valence-electron chi connectivity index (χ3n) is 4.92. The standard InChI is InChI=1S/C19H27N3O3S/c1-13(2)22-15(4)19(14(3)20-22)26(23,24)21(5)11-18-10-16-8-6-7-9-17(16)12-25-18/h6-9,13,18H,10-12H2,1-5H3. The Morgan fingerprint density at radius 3 is 2.54 bits per heavy atom. The first-order valence-corrected chi connectivity index (χ1v) is 10.4. The molecular formula is C19H27N3O3S. The summed E-state index contributed by atoms with van der Waals surface area (Å²) in [7, 11) is -2.00. The average Bonchev–Trinajstić information content (AvgIpc) is 2.90. The van der Waals surface area contributed by atoms with E-state index in [1.165, 1.54) is 15.4 Å². The van der Waals surface area contributed by atoms with E-state index in [0.29, 0.717) is 29.4 Å². The van der Waals surface area contributed by atoms with Crippen LogP contribution in [0.5, 0.6) is 0 Å². The van der Waals surface area contributed by atoms with Crippen molar-refractivity contribution in [3.63, 3.8) is 0 Å². The van der Waals surface area contributed by atoms with Crippen LogP contribution in [0.1, 0.15) is 42.4 Å². The summed E-state index contributed by atoms with van der Waals surface area (Å²) >= 11 is 0. The molecule has 0 bridgehead atoms. The lowest BCUT2D eigenvalue weighted by Gasteiger charge is -2.28. The second kappa shape index (κ2) is 7.13. The van der Waals surface area contributed by atoms with Gasteiger partial charge in [-0.15, -0.1) is 0 Å². The van der Waals surface area contributed by atoms with Crippen molar-refractivity contribution in [1.82, 2.24) is 14.1 Å². The van der Waals surface area contributed by atoms with Crippen LogP contribution in [0.3, 0.4) is 0 Å². The Morgan fingerprint density at radius 1 is 1.27 bits per heavy atom. The molecule has 0 saturated carbocycles. The number of rotatable bonds is 5. The van der Waals surface area contributed by atoms with Crippen LogP contribution >= 0.6 is 0 Å². The maximum Gasteiger partial charge on any atom is 0.246 e. The minimum atomic E-state index is -3.62. The molecule has 7 heteroatoms. The summed E-state index contributed by atoms with van der Waals surface area (Å²) in [6, 6.07) is 8.26. The van der Waals surface area contributed by atoms with Gasteiger partial charge in [0.2, 0.25) is 10.0 Å². The zero-order valence-corrected chi connectivity index (χ0v) is 16.9. The van der Waals surface area contributed by atoms with Crippen LogP contribution in [0.15, 0.2) is 29.2 Å². The van der Waals surface area contributed by atoms with Crippen LogP contribution in [0.4, 0.5) is 0 Å². The quantitative estimate of drug-likeness (QED) is 0.804. The van der Waals surface area contributed by atoms with E-state index < -0.39 is 10.0 Å². The van der Waals surface area contributed by atoms with Gasteiger partial charge in [0, 0.05) is 26.1 Å². The molecule has 1 atom stereocenters. The molecule has 3 rings (SSSR count). The third kappa shape index (κ3) is 3.43. The fraction of sp³-hybridized carbons (Fsp3) is 0.526. The molecule has 0 fully saturated rings. The fourth-order valence-electron chi connectivity index (χ4n) is 3.59. The van der Waals surface area contributed by atoms with E-state index in [9.17, 15) is 8.42 Å². The van der Waals surface area contributed by atoms with E-state index in [4.69, 9.17) is 4.74 Å². The van der Waals surface area contributed by atoms with Crippen molar-refractivity contribution < 1.29 is 13.2 Å². The largest absolute Gasteiger partial charge is 0.372 e. The van der Waals surface area contributed by atoms with Crippen LogP contribution in [0.25, 0.3) is 0 Å². The Bertz CT molecular complexity index is 903. The second-order valence-electron chi connectivity index (χ2n) is 7.23. The normalized spacial score (nSPS) is 17.7. The van der Waals surface area contributed by atoms with Crippen LogP contribution in [-0.2, 0) is 27.8 Å². The Balaban J connectivity index is 1.81. The number of hydrogen-bond acceptors (Lipinski definition) is 4. The fourth-order valence-corrected chi connectivity index (χ4v) is 5.15. The molecule has 0 spiro atoms. The number of ether oxygens (including phenoxy) is 1. The van der Waals surface area contributed by atoms with Gasteiger partial charge in [-0.1, -0.05) is 24.3 Å². The number of nitrogens with zero attached hydrogens (tertiary/aromatic N) is 3. The van der Waals surface area contributed by atoms with Crippen molar-refractivity contribution in [2.45, 2.75) is 57.8 Å². The first kappa shape index (κ1) is 19.1. The SMILES string of the molecule is Cc1nn(C(C)C)c(C)c1S(=O)(=O)N(C)CC1Cc2ccccc2CO1. The summed E-state index contributed by atoms with van der Waals surface area (Å²) in [4.78, 5) is 0.310. The van der Waals surface area contributed by atoms with Gasteiger partial charge in [-0.3, -0.25) is 4.68 Å². The first-order valence-electron chi connectivity index (χ1n) is 8.92. The van der Waals surface area contributed by atoms with Gasteiger partial charge in [-0.05, 0) is 38.8 Å². The number of likely N-dealkylation sites (N-methyl/N-ethyl adjacent to an activating group) is 1. The van der Waals surface area contributed by atoms with Gasteiger partial charge in [0.25, 0.3) is 0 Å². The Kier molecular flexibility index (Phi) is 5.23. The van der Waals surface area contributed by atoms with E-state index in [1.807, 2.05) is 32.9 Å². The summed E-state index contributed by atoms with van der Waals surface area (Å²) in [5.74, 6) is 0. The molecule has 0 amide bonds. The van der Waals surface area contributed by atoms with E-state index in [-0.39, 0.29) is 12.1 Å². The molecule has 1 aromatic carbocycles. The van der Waals surface area contributed by atoms with Gasteiger partial charge >= 0.3 is 0 Å². The van der Waals surface area contributed by atoms with Crippen molar-refractivity contribution in [1.29, 1.82) is 0 Å². The van der Waals surface area contributed by atoms with Gasteiger partial charge in [0.15, 0.2) is 0 Å². The summed E-state index contributed by atoms with van der Waals surface area (Å²) in [6.45, 7) is 8.40. The maximum atomic E-state index is 13.1.